The van der Waals surface area contributed by atoms with E-state index in [0.29, 0.717) is 19.4 Å². The number of benzene rings is 2. The number of amides is 2. The molecule has 1 saturated heterocycles. The van der Waals surface area contributed by atoms with Gasteiger partial charge in [0, 0.05) is 30.8 Å². The second kappa shape index (κ2) is 7.20. The lowest BCUT2D eigenvalue weighted by atomic mass is 9.90. The molecule has 26 heavy (non-hydrogen) atoms. The average molecular weight is 350 g/mol. The monoisotopic (exact) mass is 350 g/mol. The minimum Gasteiger partial charge on any atom is -0.493 e. The highest BCUT2D eigenvalue weighted by Crippen LogP contribution is 2.35. The molecule has 1 unspecified atom stereocenters. The van der Waals surface area contributed by atoms with E-state index in [1.165, 1.54) is 0 Å². The molecule has 4 rings (SSSR count). The molecule has 1 fully saturated rings. The van der Waals surface area contributed by atoms with Crippen molar-refractivity contribution in [3.63, 3.8) is 0 Å². The van der Waals surface area contributed by atoms with E-state index < -0.39 is 0 Å². The van der Waals surface area contributed by atoms with Crippen molar-refractivity contribution < 1.29 is 14.3 Å². The molecule has 134 valence electrons. The summed E-state index contributed by atoms with van der Waals surface area (Å²) in [7, 11) is 0. The summed E-state index contributed by atoms with van der Waals surface area (Å²) in [5.74, 6) is 1.18. The Balaban J connectivity index is 1.44. The zero-order valence-electron chi connectivity index (χ0n) is 14.6. The van der Waals surface area contributed by atoms with E-state index in [1.54, 1.807) is 4.90 Å². The van der Waals surface area contributed by atoms with Gasteiger partial charge < -0.3 is 15.0 Å². The molecule has 0 spiro atoms. The molecule has 1 N–H and O–H groups in total. The number of hydrogen-bond donors (Lipinski definition) is 1. The lowest BCUT2D eigenvalue weighted by Crippen LogP contribution is -2.24. The van der Waals surface area contributed by atoms with Crippen LogP contribution >= 0.6 is 0 Å². The highest BCUT2D eigenvalue weighted by molar-refractivity contribution is 5.97. The van der Waals surface area contributed by atoms with Crippen molar-refractivity contribution in [3.05, 3.63) is 54.1 Å². The van der Waals surface area contributed by atoms with Gasteiger partial charge in [-0.3, -0.25) is 9.59 Å². The number of nitrogens with one attached hydrogen (secondary N) is 1. The Morgan fingerprint density at radius 1 is 1.19 bits per heavy atom. The van der Waals surface area contributed by atoms with Crippen molar-refractivity contribution in [3.8, 4) is 5.75 Å². The molecular weight excluding hydrogens is 328 g/mol. The molecule has 2 heterocycles. The van der Waals surface area contributed by atoms with Crippen molar-refractivity contribution in [2.24, 2.45) is 0 Å². The van der Waals surface area contributed by atoms with Crippen molar-refractivity contribution >= 4 is 23.2 Å². The minimum atomic E-state index is -0.0170. The molecule has 1 atom stereocenters. The van der Waals surface area contributed by atoms with Gasteiger partial charge in [0.2, 0.25) is 11.8 Å². The van der Waals surface area contributed by atoms with Gasteiger partial charge in [-0.15, -0.1) is 0 Å². The number of para-hydroxylation sites is 1. The van der Waals surface area contributed by atoms with Crippen LogP contribution in [0.3, 0.4) is 0 Å². The summed E-state index contributed by atoms with van der Waals surface area (Å²) in [5.41, 5.74) is 2.68. The van der Waals surface area contributed by atoms with E-state index in [1.807, 2.05) is 48.5 Å². The molecule has 2 aromatic rings. The Morgan fingerprint density at radius 3 is 2.92 bits per heavy atom. The van der Waals surface area contributed by atoms with Crippen LogP contribution in [0.25, 0.3) is 0 Å². The SMILES string of the molecule is O=C(CC1CCOc2ccccc21)Nc1cccc(N2CCCC2=O)c1. The predicted octanol–water partition coefficient (Wildman–Crippen LogP) is 3.71. The summed E-state index contributed by atoms with van der Waals surface area (Å²) in [6.45, 7) is 1.39. The first-order valence-electron chi connectivity index (χ1n) is 9.13. The minimum absolute atomic E-state index is 0.0170. The molecule has 2 aliphatic heterocycles. The summed E-state index contributed by atoms with van der Waals surface area (Å²) in [6, 6.07) is 15.4. The highest BCUT2D eigenvalue weighted by Gasteiger charge is 2.24. The van der Waals surface area contributed by atoms with Gasteiger partial charge in [-0.2, -0.15) is 0 Å². The average Bonchev–Trinajstić information content (AvgIpc) is 3.08. The molecule has 0 aliphatic carbocycles. The summed E-state index contributed by atoms with van der Waals surface area (Å²) < 4.78 is 5.67. The first kappa shape index (κ1) is 16.6. The maximum absolute atomic E-state index is 12.6. The Kier molecular flexibility index (Phi) is 4.61. The number of fused-ring (bicyclic) bond motifs is 1. The topological polar surface area (TPSA) is 58.6 Å². The van der Waals surface area contributed by atoms with E-state index in [2.05, 4.69) is 5.32 Å². The van der Waals surface area contributed by atoms with Gasteiger partial charge in [-0.05, 0) is 48.6 Å². The molecule has 2 amide bonds. The van der Waals surface area contributed by atoms with Gasteiger partial charge in [0.25, 0.3) is 0 Å². The van der Waals surface area contributed by atoms with Crippen molar-refractivity contribution in [2.45, 2.75) is 31.6 Å². The fourth-order valence-corrected chi connectivity index (χ4v) is 3.74. The van der Waals surface area contributed by atoms with Crippen LogP contribution in [0.15, 0.2) is 48.5 Å². The van der Waals surface area contributed by atoms with E-state index in [0.717, 1.165) is 42.1 Å². The molecule has 2 aromatic carbocycles. The van der Waals surface area contributed by atoms with Gasteiger partial charge in [-0.1, -0.05) is 24.3 Å². The number of hydrogen-bond acceptors (Lipinski definition) is 3. The third-order valence-corrected chi connectivity index (χ3v) is 5.03. The van der Waals surface area contributed by atoms with Crippen LogP contribution in [0.1, 0.15) is 37.2 Å². The first-order valence-corrected chi connectivity index (χ1v) is 9.13. The van der Waals surface area contributed by atoms with Crippen LogP contribution in [0.4, 0.5) is 11.4 Å². The maximum Gasteiger partial charge on any atom is 0.227 e. The Morgan fingerprint density at radius 2 is 2.08 bits per heavy atom. The second-order valence-corrected chi connectivity index (χ2v) is 6.82. The predicted molar refractivity (Wildman–Crippen MR) is 101 cm³/mol. The van der Waals surface area contributed by atoms with Crippen LogP contribution in [0.5, 0.6) is 5.75 Å². The largest absolute Gasteiger partial charge is 0.493 e. The van der Waals surface area contributed by atoms with Gasteiger partial charge in [0.05, 0.1) is 6.61 Å². The number of carbonyl (C=O) groups is 2. The lowest BCUT2D eigenvalue weighted by Gasteiger charge is -2.25. The van der Waals surface area contributed by atoms with Crippen LogP contribution < -0.4 is 15.0 Å². The van der Waals surface area contributed by atoms with Crippen molar-refractivity contribution in [1.82, 2.24) is 0 Å². The van der Waals surface area contributed by atoms with Gasteiger partial charge in [0.1, 0.15) is 5.75 Å². The number of nitrogens with zero attached hydrogens (tertiary/aromatic N) is 1. The van der Waals surface area contributed by atoms with E-state index in [4.69, 9.17) is 4.74 Å². The molecule has 0 bridgehead atoms. The molecule has 5 heteroatoms. The molecule has 5 nitrogen and oxygen atoms in total. The van der Waals surface area contributed by atoms with Crippen LogP contribution in [0.2, 0.25) is 0 Å². The van der Waals surface area contributed by atoms with Crippen LogP contribution in [-0.2, 0) is 9.59 Å². The summed E-state index contributed by atoms with van der Waals surface area (Å²) in [6.07, 6.45) is 2.75. The zero-order chi connectivity index (χ0) is 17.9. The standard InChI is InChI=1S/C21H22N2O3/c24-20(13-15-10-12-26-19-8-2-1-7-18(15)19)22-16-5-3-6-17(14-16)23-11-4-9-21(23)25/h1-3,5-8,14-15H,4,9-13H2,(H,22,24). The highest BCUT2D eigenvalue weighted by atomic mass is 16.5. The summed E-state index contributed by atoms with van der Waals surface area (Å²) in [4.78, 5) is 26.3. The zero-order valence-corrected chi connectivity index (χ0v) is 14.6. The molecular formula is C21H22N2O3. The number of rotatable bonds is 4. The van der Waals surface area contributed by atoms with Crippen molar-refractivity contribution in [2.75, 3.05) is 23.4 Å². The Labute approximate surface area is 153 Å². The molecule has 0 saturated carbocycles. The normalized spacial score (nSPS) is 19.0. The van der Waals surface area contributed by atoms with Crippen LogP contribution in [0, 0.1) is 0 Å². The number of carbonyl (C=O) groups excluding carboxylic acids is 2. The smallest absolute Gasteiger partial charge is 0.227 e. The number of anilines is 2. The third kappa shape index (κ3) is 3.43. The van der Waals surface area contributed by atoms with Gasteiger partial charge in [-0.25, -0.2) is 0 Å². The van der Waals surface area contributed by atoms with Crippen molar-refractivity contribution in [1.29, 1.82) is 0 Å². The number of ether oxygens (including phenoxy) is 1. The lowest BCUT2D eigenvalue weighted by molar-refractivity contribution is -0.117. The first-order chi connectivity index (χ1) is 12.7. The van der Waals surface area contributed by atoms with Gasteiger partial charge >= 0.3 is 0 Å². The maximum atomic E-state index is 12.6. The fourth-order valence-electron chi connectivity index (χ4n) is 3.74. The Hall–Kier alpha value is -2.82. The summed E-state index contributed by atoms with van der Waals surface area (Å²) in [5, 5.41) is 2.98. The Bertz CT molecular complexity index is 834. The van der Waals surface area contributed by atoms with E-state index >= 15 is 0 Å². The van der Waals surface area contributed by atoms with Crippen LogP contribution in [-0.4, -0.2) is 25.0 Å². The molecule has 0 aromatic heterocycles. The van der Waals surface area contributed by atoms with E-state index in [-0.39, 0.29) is 17.7 Å². The molecule has 2 aliphatic rings. The summed E-state index contributed by atoms with van der Waals surface area (Å²) >= 11 is 0. The fraction of sp³-hybridized carbons (Fsp3) is 0.333. The second-order valence-electron chi connectivity index (χ2n) is 6.82. The van der Waals surface area contributed by atoms with E-state index in [9.17, 15) is 9.59 Å². The molecule has 0 radical (unpaired) electrons. The quantitative estimate of drug-likeness (QED) is 0.914. The third-order valence-electron chi connectivity index (χ3n) is 5.03. The van der Waals surface area contributed by atoms with Gasteiger partial charge in [0.15, 0.2) is 0 Å².